The standard InChI is InChI=1S/C25H33FN3O9P/c1-3-18(23(32)36-16-9-7-8-10-16)28-39(34,37-17-11-5-4-6-12-17)38-22(20-21(31)25(2,26)15-35-20)29-14-13-19(30)27-24(29)33/h4-6,11-14,16,18,20-22,31H,3,7-10,15H2,1-2H3,(H,28,34)(H,27,30,33)/t18-,20+,21+,22?,25+,39?/m0/s1. The number of halogens is 1. The van der Waals surface area contributed by atoms with Crippen molar-refractivity contribution in [3.8, 4) is 5.75 Å². The van der Waals surface area contributed by atoms with Gasteiger partial charge in [-0.2, -0.15) is 5.09 Å². The number of aliphatic hydroxyl groups is 1. The lowest BCUT2D eigenvalue weighted by atomic mass is 10.00. The number of hydrogen-bond acceptors (Lipinski definition) is 9. The summed E-state index contributed by atoms with van der Waals surface area (Å²) in [5, 5.41) is 13.3. The SMILES string of the molecule is CC[C@H](NP(=O)(Oc1ccccc1)OC([C@@H]1OC[C@@](C)(F)[C@@H]1O)n1ccc(=O)[nH]c1=O)C(=O)OC1CCCC1. The number of nitrogens with zero attached hydrogens (tertiary/aromatic N) is 1. The predicted octanol–water partition coefficient (Wildman–Crippen LogP) is 2.58. The van der Waals surface area contributed by atoms with Gasteiger partial charge in [0, 0.05) is 12.3 Å². The summed E-state index contributed by atoms with van der Waals surface area (Å²) in [6.45, 7) is 2.23. The van der Waals surface area contributed by atoms with Gasteiger partial charge in [-0.15, -0.1) is 0 Å². The molecule has 0 spiro atoms. The molecule has 214 valence electrons. The molecule has 14 heteroatoms. The highest BCUT2D eigenvalue weighted by Gasteiger charge is 2.52. The molecule has 1 saturated heterocycles. The Bertz CT molecular complexity index is 1300. The van der Waals surface area contributed by atoms with E-state index >= 15 is 0 Å². The van der Waals surface area contributed by atoms with E-state index in [0.29, 0.717) is 0 Å². The van der Waals surface area contributed by atoms with Crippen molar-refractivity contribution in [3.05, 3.63) is 63.4 Å². The van der Waals surface area contributed by atoms with Gasteiger partial charge in [0.25, 0.3) is 5.56 Å². The van der Waals surface area contributed by atoms with Crippen LogP contribution in [0.2, 0.25) is 0 Å². The third-order valence-electron chi connectivity index (χ3n) is 6.70. The number of esters is 1. The zero-order valence-electron chi connectivity index (χ0n) is 21.7. The zero-order valence-corrected chi connectivity index (χ0v) is 22.6. The second-order valence-electron chi connectivity index (χ2n) is 9.85. The van der Waals surface area contributed by atoms with E-state index in [1.807, 2.05) is 4.98 Å². The van der Waals surface area contributed by atoms with E-state index in [4.69, 9.17) is 18.5 Å². The molecule has 1 aromatic heterocycles. The van der Waals surface area contributed by atoms with Crippen LogP contribution < -0.4 is 20.9 Å². The molecule has 1 aliphatic carbocycles. The van der Waals surface area contributed by atoms with E-state index in [-0.39, 0.29) is 18.3 Å². The van der Waals surface area contributed by atoms with Crippen LogP contribution in [0.15, 0.2) is 52.2 Å². The molecule has 0 amide bonds. The summed E-state index contributed by atoms with van der Waals surface area (Å²) in [6.07, 6.45) is -0.821. The van der Waals surface area contributed by atoms with Crippen LogP contribution in [0.4, 0.5) is 4.39 Å². The maximum Gasteiger partial charge on any atom is 0.461 e. The number of H-pyrrole nitrogens is 1. The summed E-state index contributed by atoms with van der Waals surface area (Å²) in [4.78, 5) is 39.4. The second-order valence-corrected chi connectivity index (χ2v) is 11.5. The normalized spacial score (nSPS) is 26.6. The minimum absolute atomic E-state index is 0.100. The number of hydrogen-bond donors (Lipinski definition) is 3. The summed E-state index contributed by atoms with van der Waals surface area (Å²) >= 11 is 0. The van der Waals surface area contributed by atoms with E-state index in [2.05, 4.69) is 5.09 Å². The van der Waals surface area contributed by atoms with Crippen LogP contribution in [0.1, 0.15) is 52.2 Å². The lowest BCUT2D eigenvalue weighted by molar-refractivity contribution is -0.151. The van der Waals surface area contributed by atoms with Crippen LogP contribution in [0.3, 0.4) is 0 Å². The Morgan fingerprint density at radius 2 is 1.97 bits per heavy atom. The molecule has 4 rings (SSSR count). The van der Waals surface area contributed by atoms with Crippen LogP contribution in [0.25, 0.3) is 0 Å². The van der Waals surface area contributed by atoms with Crippen molar-refractivity contribution in [2.24, 2.45) is 0 Å². The molecule has 12 nitrogen and oxygen atoms in total. The molecule has 2 unspecified atom stereocenters. The Labute approximate surface area is 224 Å². The molecule has 1 aromatic carbocycles. The number of ether oxygens (including phenoxy) is 2. The first-order valence-corrected chi connectivity index (χ1v) is 14.4. The largest absolute Gasteiger partial charge is 0.461 e. The zero-order chi connectivity index (χ0) is 28.2. The first kappa shape index (κ1) is 29.2. The quantitative estimate of drug-likeness (QED) is 0.271. The molecule has 2 aromatic rings. The van der Waals surface area contributed by atoms with Crippen LogP contribution in [-0.4, -0.2) is 57.3 Å². The summed E-state index contributed by atoms with van der Waals surface area (Å²) < 4.78 is 52.6. The number of aliphatic hydroxyl groups excluding tert-OH is 1. The van der Waals surface area contributed by atoms with Gasteiger partial charge in [-0.05, 0) is 51.2 Å². The number of aromatic amines is 1. The van der Waals surface area contributed by atoms with E-state index < -0.39 is 61.7 Å². The molecular formula is C25H33FN3O9P. The van der Waals surface area contributed by atoms with Gasteiger partial charge in [0.05, 0.1) is 6.61 Å². The average Bonchev–Trinajstić information content (AvgIpc) is 3.49. The minimum Gasteiger partial charge on any atom is -0.461 e. The maximum atomic E-state index is 14.9. The van der Waals surface area contributed by atoms with E-state index in [1.165, 1.54) is 12.1 Å². The number of nitrogens with one attached hydrogen (secondary N) is 2. The summed E-state index contributed by atoms with van der Waals surface area (Å²) in [5.74, 6) is -0.556. The molecular weight excluding hydrogens is 536 g/mol. The molecule has 0 bridgehead atoms. The molecule has 2 fully saturated rings. The Morgan fingerprint density at radius 1 is 1.28 bits per heavy atom. The van der Waals surface area contributed by atoms with Crippen molar-refractivity contribution in [1.29, 1.82) is 0 Å². The van der Waals surface area contributed by atoms with Crippen molar-refractivity contribution in [3.63, 3.8) is 0 Å². The van der Waals surface area contributed by atoms with Crippen molar-refractivity contribution in [2.45, 2.75) is 82.2 Å². The third kappa shape index (κ3) is 7.03. The van der Waals surface area contributed by atoms with E-state index in [1.54, 1.807) is 25.1 Å². The third-order valence-corrected chi connectivity index (χ3v) is 8.27. The van der Waals surface area contributed by atoms with Crippen LogP contribution in [0, 0.1) is 0 Å². The monoisotopic (exact) mass is 569 g/mol. The molecule has 0 radical (unpaired) electrons. The summed E-state index contributed by atoms with van der Waals surface area (Å²) in [7, 11) is -4.60. The van der Waals surface area contributed by atoms with Crippen molar-refractivity contribution in [2.75, 3.05) is 6.61 Å². The molecule has 2 heterocycles. The van der Waals surface area contributed by atoms with Crippen molar-refractivity contribution >= 4 is 13.7 Å². The van der Waals surface area contributed by atoms with Gasteiger partial charge < -0.3 is 19.1 Å². The van der Waals surface area contributed by atoms with Crippen LogP contribution in [-0.2, 0) is 23.4 Å². The molecule has 1 aliphatic heterocycles. The Balaban J connectivity index is 1.70. The van der Waals surface area contributed by atoms with Gasteiger partial charge in [-0.25, -0.2) is 13.8 Å². The maximum absolute atomic E-state index is 14.9. The molecule has 2 aliphatic rings. The Morgan fingerprint density at radius 3 is 2.56 bits per heavy atom. The number of para-hydroxylation sites is 1. The second kappa shape index (κ2) is 12.1. The molecule has 6 atom stereocenters. The van der Waals surface area contributed by atoms with Gasteiger partial charge in [0.15, 0.2) is 11.9 Å². The van der Waals surface area contributed by atoms with Crippen LogP contribution in [0.5, 0.6) is 5.75 Å². The van der Waals surface area contributed by atoms with Crippen molar-refractivity contribution < 1.29 is 37.4 Å². The van der Waals surface area contributed by atoms with Crippen LogP contribution >= 0.6 is 7.75 Å². The molecule has 3 N–H and O–H groups in total. The Kier molecular flexibility index (Phi) is 9.07. The van der Waals surface area contributed by atoms with Gasteiger partial charge in [-0.1, -0.05) is 25.1 Å². The van der Waals surface area contributed by atoms with E-state index in [0.717, 1.165) is 49.4 Å². The lowest BCUT2D eigenvalue weighted by Gasteiger charge is -2.32. The van der Waals surface area contributed by atoms with E-state index in [9.17, 15) is 28.4 Å². The topological polar surface area (TPSA) is 158 Å². The fourth-order valence-electron chi connectivity index (χ4n) is 4.51. The minimum atomic E-state index is -4.60. The van der Waals surface area contributed by atoms with Gasteiger partial charge >= 0.3 is 19.4 Å². The van der Waals surface area contributed by atoms with Crippen molar-refractivity contribution in [1.82, 2.24) is 14.6 Å². The highest BCUT2D eigenvalue weighted by molar-refractivity contribution is 7.52. The van der Waals surface area contributed by atoms with Gasteiger partial charge in [0.2, 0.25) is 0 Å². The Hall–Kier alpha value is -2.83. The fraction of sp³-hybridized carbons (Fsp3) is 0.560. The lowest BCUT2D eigenvalue weighted by Crippen LogP contribution is -2.46. The number of alkyl halides is 1. The number of aromatic nitrogens is 2. The van der Waals surface area contributed by atoms with Gasteiger partial charge in [-0.3, -0.25) is 23.7 Å². The first-order valence-electron chi connectivity index (χ1n) is 12.8. The number of carbonyl (C=O) groups is 1. The predicted molar refractivity (Wildman–Crippen MR) is 137 cm³/mol. The average molecular weight is 570 g/mol. The van der Waals surface area contributed by atoms with Gasteiger partial charge in [0.1, 0.15) is 30.1 Å². The highest BCUT2D eigenvalue weighted by Crippen LogP contribution is 2.50. The molecule has 1 saturated carbocycles. The number of rotatable bonds is 11. The summed E-state index contributed by atoms with van der Waals surface area (Å²) in [5.41, 5.74) is -3.93. The smallest absolute Gasteiger partial charge is 0.461 e. The fourth-order valence-corrected chi connectivity index (χ4v) is 6.24. The first-order chi connectivity index (χ1) is 18.5. The molecule has 39 heavy (non-hydrogen) atoms. The highest BCUT2D eigenvalue weighted by atomic mass is 31.2. The number of carbonyl (C=O) groups excluding carboxylic acids is 1. The number of benzene rings is 1. The summed E-state index contributed by atoms with van der Waals surface area (Å²) in [6, 6.07) is 7.80.